The Hall–Kier alpha value is 0.01000. The highest BCUT2D eigenvalue weighted by atomic mass is 32.2. The quantitative estimate of drug-likeness (QED) is 0.763. The van der Waals surface area contributed by atoms with E-state index in [0.717, 1.165) is 23.5 Å². The monoisotopic (exact) mass is 216 g/mol. The lowest BCUT2D eigenvalue weighted by molar-refractivity contribution is 0.175. The minimum Gasteiger partial charge on any atom is -0.388 e. The van der Waals surface area contributed by atoms with Crippen LogP contribution in [0.2, 0.25) is 0 Å². The Morgan fingerprint density at radius 1 is 1.62 bits per heavy atom. The van der Waals surface area contributed by atoms with Crippen molar-refractivity contribution in [1.29, 1.82) is 0 Å². The molecule has 0 spiro atoms. The molecule has 1 aromatic rings. The van der Waals surface area contributed by atoms with Crippen LogP contribution < -0.4 is 0 Å². The van der Waals surface area contributed by atoms with Crippen molar-refractivity contribution in [2.75, 3.05) is 11.5 Å². The molecule has 1 unspecified atom stereocenters. The summed E-state index contributed by atoms with van der Waals surface area (Å²) in [6, 6.07) is 2.03. The van der Waals surface area contributed by atoms with E-state index in [2.05, 4.69) is 13.8 Å². The van der Waals surface area contributed by atoms with Gasteiger partial charge in [0.2, 0.25) is 0 Å². The third kappa shape index (κ3) is 3.33. The molecule has 0 fully saturated rings. The Labute approximate surface area is 88.2 Å². The van der Waals surface area contributed by atoms with Crippen LogP contribution in [0.4, 0.5) is 0 Å². The molecule has 0 saturated carbocycles. The van der Waals surface area contributed by atoms with Gasteiger partial charge in [-0.2, -0.15) is 11.8 Å². The molecule has 0 aliphatic rings. The van der Waals surface area contributed by atoms with Crippen molar-refractivity contribution < 1.29 is 5.11 Å². The summed E-state index contributed by atoms with van der Waals surface area (Å²) in [5.74, 6) is 2.18. The molecule has 0 aliphatic carbocycles. The molecule has 0 aliphatic heterocycles. The zero-order valence-electron chi connectivity index (χ0n) is 8.12. The number of hydrogen-bond donors (Lipinski definition) is 1. The molecule has 1 heterocycles. The predicted octanol–water partition coefficient (Wildman–Crippen LogP) is 3.23. The molecule has 13 heavy (non-hydrogen) atoms. The highest BCUT2D eigenvalue weighted by Crippen LogP contribution is 2.25. The van der Waals surface area contributed by atoms with Gasteiger partial charge in [0.15, 0.2) is 0 Å². The topological polar surface area (TPSA) is 20.2 Å². The van der Waals surface area contributed by atoms with Crippen LogP contribution >= 0.6 is 23.1 Å². The van der Waals surface area contributed by atoms with E-state index in [0.29, 0.717) is 0 Å². The fraction of sp³-hybridized carbons (Fsp3) is 0.600. The number of thiophene rings is 1. The van der Waals surface area contributed by atoms with Crippen LogP contribution in [0.1, 0.15) is 29.9 Å². The standard InChI is InChI=1S/C10H16OS2/c1-3-12-6-5-10(11)9-4-7-13-8(9)2/h4,7,10-11H,3,5-6H2,1-2H3. The number of thioether (sulfide) groups is 1. The van der Waals surface area contributed by atoms with Gasteiger partial charge in [-0.05, 0) is 41.9 Å². The molecule has 0 saturated heterocycles. The van der Waals surface area contributed by atoms with Crippen LogP contribution in [-0.4, -0.2) is 16.6 Å². The second-order valence-electron chi connectivity index (χ2n) is 2.93. The van der Waals surface area contributed by atoms with E-state index < -0.39 is 0 Å². The van der Waals surface area contributed by atoms with Gasteiger partial charge in [0.05, 0.1) is 6.10 Å². The molecular formula is C10H16OS2. The maximum Gasteiger partial charge on any atom is 0.0808 e. The van der Waals surface area contributed by atoms with E-state index >= 15 is 0 Å². The molecule has 3 heteroatoms. The minimum absolute atomic E-state index is 0.259. The molecule has 0 bridgehead atoms. The van der Waals surface area contributed by atoms with Gasteiger partial charge in [-0.15, -0.1) is 11.3 Å². The second kappa shape index (κ2) is 5.68. The van der Waals surface area contributed by atoms with Gasteiger partial charge >= 0.3 is 0 Å². The van der Waals surface area contributed by atoms with E-state index in [-0.39, 0.29) is 6.10 Å². The summed E-state index contributed by atoms with van der Waals surface area (Å²) in [5.41, 5.74) is 1.11. The lowest BCUT2D eigenvalue weighted by atomic mass is 10.1. The van der Waals surface area contributed by atoms with Gasteiger partial charge in [-0.25, -0.2) is 0 Å². The van der Waals surface area contributed by atoms with E-state index in [1.165, 1.54) is 4.88 Å². The highest BCUT2D eigenvalue weighted by molar-refractivity contribution is 7.99. The average Bonchev–Trinajstić information content (AvgIpc) is 2.52. The van der Waals surface area contributed by atoms with Crippen LogP contribution in [0.5, 0.6) is 0 Å². The first-order chi connectivity index (χ1) is 6.25. The summed E-state index contributed by atoms with van der Waals surface area (Å²) >= 11 is 3.59. The maximum atomic E-state index is 9.81. The van der Waals surface area contributed by atoms with Crippen LogP contribution in [0.25, 0.3) is 0 Å². The summed E-state index contributed by atoms with van der Waals surface area (Å²) in [7, 11) is 0. The third-order valence-corrected chi connectivity index (χ3v) is 3.79. The summed E-state index contributed by atoms with van der Waals surface area (Å²) in [5, 5.41) is 11.9. The predicted molar refractivity (Wildman–Crippen MR) is 61.6 cm³/mol. The molecular weight excluding hydrogens is 200 g/mol. The summed E-state index contributed by atoms with van der Waals surface area (Å²) < 4.78 is 0. The van der Waals surface area contributed by atoms with Crippen LogP contribution in [0.3, 0.4) is 0 Å². The van der Waals surface area contributed by atoms with E-state index in [1.807, 2.05) is 23.2 Å². The van der Waals surface area contributed by atoms with Gasteiger partial charge in [-0.1, -0.05) is 6.92 Å². The summed E-state index contributed by atoms with van der Waals surface area (Å²) in [6.07, 6.45) is 0.612. The lowest BCUT2D eigenvalue weighted by Crippen LogP contribution is -1.98. The zero-order valence-corrected chi connectivity index (χ0v) is 9.75. The van der Waals surface area contributed by atoms with Crippen LogP contribution in [0.15, 0.2) is 11.4 Å². The molecule has 0 aromatic carbocycles. The van der Waals surface area contributed by atoms with E-state index in [9.17, 15) is 5.11 Å². The number of aliphatic hydroxyl groups is 1. The Morgan fingerprint density at radius 3 is 2.92 bits per heavy atom. The smallest absolute Gasteiger partial charge is 0.0808 e. The zero-order chi connectivity index (χ0) is 9.68. The molecule has 0 amide bonds. The number of hydrogen-bond acceptors (Lipinski definition) is 3. The van der Waals surface area contributed by atoms with E-state index in [4.69, 9.17) is 0 Å². The fourth-order valence-electron chi connectivity index (χ4n) is 1.24. The largest absolute Gasteiger partial charge is 0.388 e. The van der Waals surface area contributed by atoms with Gasteiger partial charge in [0.1, 0.15) is 0 Å². The molecule has 1 N–H and O–H groups in total. The Bertz CT molecular complexity index is 245. The average molecular weight is 216 g/mol. The van der Waals surface area contributed by atoms with Crippen molar-refractivity contribution in [2.24, 2.45) is 0 Å². The Kier molecular flexibility index (Phi) is 4.84. The Morgan fingerprint density at radius 2 is 2.38 bits per heavy atom. The van der Waals surface area contributed by atoms with Crippen LogP contribution in [-0.2, 0) is 0 Å². The van der Waals surface area contributed by atoms with Crippen molar-refractivity contribution in [1.82, 2.24) is 0 Å². The van der Waals surface area contributed by atoms with Crippen molar-refractivity contribution in [3.05, 3.63) is 21.9 Å². The first kappa shape index (κ1) is 11.1. The number of aliphatic hydroxyl groups excluding tert-OH is 1. The van der Waals surface area contributed by atoms with Crippen molar-refractivity contribution in [3.8, 4) is 0 Å². The highest BCUT2D eigenvalue weighted by Gasteiger charge is 2.10. The summed E-state index contributed by atoms with van der Waals surface area (Å²) in [4.78, 5) is 1.24. The van der Waals surface area contributed by atoms with Crippen molar-refractivity contribution in [2.45, 2.75) is 26.4 Å². The van der Waals surface area contributed by atoms with Gasteiger partial charge < -0.3 is 5.11 Å². The number of aryl methyl sites for hydroxylation is 1. The molecule has 74 valence electrons. The first-order valence-corrected chi connectivity index (χ1v) is 6.59. The molecule has 1 atom stereocenters. The minimum atomic E-state index is -0.259. The molecule has 1 aromatic heterocycles. The summed E-state index contributed by atoms with van der Waals surface area (Å²) in [6.45, 7) is 4.21. The molecule has 1 nitrogen and oxygen atoms in total. The second-order valence-corrected chi connectivity index (χ2v) is 5.45. The third-order valence-electron chi connectivity index (χ3n) is 2.00. The SMILES string of the molecule is CCSCCC(O)c1ccsc1C. The van der Waals surface area contributed by atoms with E-state index in [1.54, 1.807) is 11.3 Å². The normalized spacial score (nSPS) is 13.2. The fourth-order valence-corrected chi connectivity index (χ4v) is 2.67. The maximum absolute atomic E-state index is 9.81. The molecule has 0 radical (unpaired) electrons. The van der Waals surface area contributed by atoms with Crippen LogP contribution in [0, 0.1) is 6.92 Å². The van der Waals surface area contributed by atoms with Gasteiger partial charge in [0, 0.05) is 4.88 Å². The Balaban J connectivity index is 2.39. The van der Waals surface area contributed by atoms with Crippen molar-refractivity contribution in [3.63, 3.8) is 0 Å². The molecule has 1 rings (SSSR count). The lowest BCUT2D eigenvalue weighted by Gasteiger charge is -2.09. The number of rotatable bonds is 5. The van der Waals surface area contributed by atoms with Crippen molar-refractivity contribution >= 4 is 23.1 Å². The first-order valence-electron chi connectivity index (χ1n) is 4.55. The van der Waals surface area contributed by atoms with Gasteiger partial charge in [-0.3, -0.25) is 0 Å². The van der Waals surface area contributed by atoms with Gasteiger partial charge in [0.25, 0.3) is 0 Å².